The van der Waals surface area contributed by atoms with Gasteiger partial charge in [-0.15, -0.1) is 0 Å². The summed E-state index contributed by atoms with van der Waals surface area (Å²) in [4.78, 5) is 28.0. The first-order valence-electron chi connectivity index (χ1n) is 11.2. The van der Waals surface area contributed by atoms with Gasteiger partial charge in [0.25, 0.3) is 11.7 Å². The van der Waals surface area contributed by atoms with Gasteiger partial charge in [-0.25, -0.2) is 4.39 Å². The van der Waals surface area contributed by atoms with Crippen molar-refractivity contribution in [1.82, 2.24) is 0 Å². The molecule has 1 N–H and O–H groups in total. The second-order valence-corrected chi connectivity index (χ2v) is 8.27. The number of rotatable bonds is 6. The first-order chi connectivity index (χ1) is 16.8. The number of carbonyl (C=O) groups is 2. The second-order valence-electron chi connectivity index (χ2n) is 8.27. The molecule has 3 aromatic rings. The summed E-state index contributed by atoms with van der Waals surface area (Å²) in [6.07, 6.45) is 0.824. The van der Waals surface area contributed by atoms with Gasteiger partial charge in [0.15, 0.2) is 11.5 Å². The summed E-state index contributed by atoms with van der Waals surface area (Å²) in [6.45, 7) is 3.59. The lowest BCUT2D eigenvalue weighted by Crippen LogP contribution is -2.29. The molecule has 0 bridgehead atoms. The van der Waals surface area contributed by atoms with Crippen LogP contribution in [0.3, 0.4) is 0 Å². The normalized spacial score (nSPS) is 17.1. The molecular weight excluding hydrogens is 449 g/mol. The third-order valence-electron chi connectivity index (χ3n) is 6.22. The maximum atomic E-state index is 13.9. The molecule has 1 fully saturated rings. The number of benzene rings is 3. The highest BCUT2D eigenvalue weighted by Gasteiger charge is 2.47. The molecule has 1 unspecified atom stereocenters. The summed E-state index contributed by atoms with van der Waals surface area (Å²) in [5, 5.41) is 11.2. The minimum absolute atomic E-state index is 0.0694. The molecular formula is C28H26FNO5. The van der Waals surface area contributed by atoms with E-state index in [9.17, 15) is 19.1 Å². The van der Waals surface area contributed by atoms with E-state index in [4.69, 9.17) is 9.47 Å². The van der Waals surface area contributed by atoms with E-state index in [1.165, 1.54) is 37.3 Å². The number of methoxy groups -OCH3 is 2. The quantitative estimate of drug-likeness (QED) is 0.296. The average molecular weight is 476 g/mol. The van der Waals surface area contributed by atoms with Crippen LogP contribution in [0.4, 0.5) is 10.1 Å². The van der Waals surface area contributed by atoms with Crippen LogP contribution in [-0.2, 0) is 16.0 Å². The predicted molar refractivity (Wildman–Crippen MR) is 131 cm³/mol. The summed E-state index contributed by atoms with van der Waals surface area (Å²) in [7, 11) is 2.98. The summed E-state index contributed by atoms with van der Waals surface area (Å²) in [5.41, 5.74) is 2.64. The zero-order valence-corrected chi connectivity index (χ0v) is 20.0. The Morgan fingerprint density at radius 3 is 2.26 bits per heavy atom. The van der Waals surface area contributed by atoms with Crippen LogP contribution in [0.25, 0.3) is 5.76 Å². The molecule has 1 aliphatic rings. The average Bonchev–Trinajstić information content (AvgIpc) is 3.15. The molecule has 7 heteroatoms. The number of nitrogens with zero attached hydrogens (tertiary/aromatic N) is 1. The maximum absolute atomic E-state index is 13.9. The van der Waals surface area contributed by atoms with Crippen LogP contribution in [0.1, 0.15) is 35.2 Å². The Morgan fingerprint density at radius 1 is 0.971 bits per heavy atom. The Labute approximate surface area is 203 Å². The standard InChI is InChI=1S/C28H26FNO5/c1-5-17-6-8-18(9-7-17)25-24(26(31)19-10-12-21(29)16(2)14-19)27(32)28(33)30(25)20-11-13-22(34-3)23(15-20)35-4/h6-15,25,31H,5H2,1-4H3/b26-24+. The Morgan fingerprint density at radius 2 is 1.66 bits per heavy atom. The van der Waals surface area contributed by atoms with E-state index in [0.717, 1.165) is 12.0 Å². The zero-order chi connectivity index (χ0) is 25.3. The van der Waals surface area contributed by atoms with Gasteiger partial charge >= 0.3 is 0 Å². The Kier molecular flexibility index (Phi) is 6.60. The van der Waals surface area contributed by atoms with E-state index in [0.29, 0.717) is 28.3 Å². The van der Waals surface area contributed by atoms with Crippen LogP contribution in [-0.4, -0.2) is 31.0 Å². The SMILES string of the molecule is CCc1ccc(C2/C(=C(\O)c3ccc(F)c(C)c3)C(=O)C(=O)N2c2ccc(OC)c(OC)c2)cc1. The van der Waals surface area contributed by atoms with E-state index >= 15 is 0 Å². The van der Waals surface area contributed by atoms with Gasteiger partial charge in [0, 0.05) is 17.3 Å². The molecule has 4 rings (SSSR count). The first kappa shape index (κ1) is 24.0. The predicted octanol–water partition coefficient (Wildman–Crippen LogP) is 5.34. The minimum Gasteiger partial charge on any atom is -0.507 e. The van der Waals surface area contributed by atoms with Crippen molar-refractivity contribution in [2.45, 2.75) is 26.3 Å². The third-order valence-corrected chi connectivity index (χ3v) is 6.22. The lowest BCUT2D eigenvalue weighted by molar-refractivity contribution is -0.132. The topological polar surface area (TPSA) is 76.1 Å². The number of hydrogen-bond acceptors (Lipinski definition) is 5. The Hall–Kier alpha value is -4.13. The van der Waals surface area contributed by atoms with Gasteiger partial charge in [-0.2, -0.15) is 0 Å². The Balaban J connectivity index is 1.94. The van der Waals surface area contributed by atoms with Crippen LogP contribution >= 0.6 is 0 Å². The number of Topliss-reactive ketones (excluding diaryl/α,β-unsaturated/α-hetero) is 1. The summed E-state index contributed by atoms with van der Waals surface area (Å²) >= 11 is 0. The number of halogens is 1. The summed E-state index contributed by atoms with van der Waals surface area (Å²) in [5.74, 6) is -1.55. The number of amides is 1. The lowest BCUT2D eigenvalue weighted by Gasteiger charge is -2.26. The molecule has 35 heavy (non-hydrogen) atoms. The molecule has 0 saturated carbocycles. The van der Waals surface area contributed by atoms with Gasteiger partial charge in [0.1, 0.15) is 11.6 Å². The van der Waals surface area contributed by atoms with Gasteiger partial charge in [0.05, 0.1) is 25.8 Å². The van der Waals surface area contributed by atoms with Gasteiger partial charge in [-0.3, -0.25) is 14.5 Å². The van der Waals surface area contributed by atoms with Crippen molar-refractivity contribution in [3.05, 3.63) is 94.3 Å². The molecule has 0 spiro atoms. The number of aliphatic hydroxyl groups is 1. The van der Waals surface area contributed by atoms with E-state index in [1.807, 2.05) is 31.2 Å². The largest absolute Gasteiger partial charge is 0.507 e. The Bertz CT molecular complexity index is 1330. The molecule has 0 aliphatic carbocycles. The lowest BCUT2D eigenvalue weighted by atomic mass is 9.94. The fraction of sp³-hybridized carbons (Fsp3) is 0.214. The van der Waals surface area contributed by atoms with Crippen LogP contribution < -0.4 is 14.4 Å². The number of aliphatic hydroxyl groups excluding tert-OH is 1. The van der Waals surface area contributed by atoms with Crippen LogP contribution in [0, 0.1) is 12.7 Å². The van der Waals surface area contributed by atoms with E-state index in [-0.39, 0.29) is 16.9 Å². The summed E-state index contributed by atoms with van der Waals surface area (Å²) in [6, 6.07) is 15.6. The minimum atomic E-state index is -0.899. The molecule has 1 amide bonds. The highest BCUT2D eigenvalue weighted by atomic mass is 19.1. The smallest absolute Gasteiger partial charge is 0.300 e. The molecule has 1 heterocycles. The molecule has 1 atom stereocenters. The van der Waals surface area contributed by atoms with Crippen LogP contribution in [0.15, 0.2) is 66.2 Å². The number of anilines is 1. The van der Waals surface area contributed by atoms with Crippen molar-refractivity contribution >= 4 is 23.1 Å². The fourth-order valence-corrected chi connectivity index (χ4v) is 4.27. The van der Waals surface area contributed by atoms with E-state index in [1.54, 1.807) is 25.1 Å². The van der Waals surface area contributed by atoms with E-state index < -0.39 is 23.5 Å². The summed E-state index contributed by atoms with van der Waals surface area (Å²) < 4.78 is 24.6. The van der Waals surface area contributed by atoms with Crippen molar-refractivity contribution in [3.63, 3.8) is 0 Å². The van der Waals surface area contributed by atoms with Crippen molar-refractivity contribution in [2.24, 2.45) is 0 Å². The number of ketones is 1. The molecule has 0 aromatic heterocycles. The number of ether oxygens (including phenoxy) is 2. The zero-order valence-electron chi connectivity index (χ0n) is 20.0. The highest BCUT2D eigenvalue weighted by molar-refractivity contribution is 6.51. The van der Waals surface area contributed by atoms with Crippen molar-refractivity contribution in [1.29, 1.82) is 0 Å². The fourth-order valence-electron chi connectivity index (χ4n) is 4.27. The van der Waals surface area contributed by atoms with Gasteiger partial charge in [-0.1, -0.05) is 31.2 Å². The molecule has 1 aliphatic heterocycles. The third kappa shape index (κ3) is 4.25. The van der Waals surface area contributed by atoms with Crippen molar-refractivity contribution in [3.8, 4) is 11.5 Å². The molecule has 0 radical (unpaired) electrons. The molecule has 6 nitrogen and oxygen atoms in total. The van der Waals surface area contributed by atoms with E-state index in [2.05, 4.69) is 0 Å². The van der Waals surface area contributed by atoms with Crippen LogP contribution in [0.5, 0.6) is 11.5 Å². The molecule has 1 saturated heterocycles. The van der Waals surface area contributed by atoms with Gasteiger partial charge in [0.2, 0.25) is 0 Å². The molecule has 180 valence electrons. The maximum Gasteiger partial charge on any atom is 0.300 e. The van der Waals surface area contributed by atoms with Crippen molar-refractivity contribution < 1.29 is 28.6 Å². The second kappa shape index (κ2) is 9.62. The number of carbonyl (C=O) groups excluding carboxylic acids is 2. The van der Waals surface area contributed by atoms with Crippen molar-refractivity contribution in [2.75, 3.05) is 19.1 Å². The highest BCUT2D eigenvalue weighted by Crippen LogP contribution is 2.44. The number of hydrogen-bond donors (Lipinski definition) is 1. The number of aryl methyl sites for hydroxylation is 2. The van der Waals surface area contributed by atoms with Gasteiger partial charge < -0.3 is 14.6 Å². The van der Waals surface area contributed by atoms with Crippen LogP contribution in [0.2, 0.25) is 0 Å². The monoisotopic (exact) mass is 475 g/mol. The first-order valence-corrected chi connectivity index (χ1v) is 11.2. The van der Waals surface area contributed by atoms with Gasteiger partial charge in [-0.05, 0) is 60.4 Å². The molecule has 3 aromatic carbocycles.